The summed E-state index contributed by atoms with van der Waals surface area (Å²) in [6.45, 7) is 3.08. The third kappa shape index (κ3) is 4.20. The molecule has 6 nitrogen and oxygen atoms in total. The normalized spacial score (nSPS) is 24.0. The third-order valence-corrected chi connectivity index (χ3v) is 6.83. The lowest BCUT2D eigenvalue weighted by Crippen LogP contribution is -2.54. The SMILES string of the molecule is O=C(NCc1ccccc1Cl)N1CCN(C2CCS(=O)(=O)C2)CC1. The quantitative estimate of drug-likeness (QED) is 0.870. The van der Waals surface area contributed by atoms with Gasteiger partial charge in [0, 0.05) is 43.8 Å². The summed E-state index contributed by atoms with van der Waals surface area (Å²) in [7, 11) is -2.87. The molecule has 2 heterocycles. The van der Waals surface area contributed by atoms with Crippen LogP contribution in [0.5, 0.6) is 0 Å². The van der Waals surface area contributed by atoms with Crippen LogP contribution in [0, 0.1) is 0 Å². The number of sulfone groups is 1. The average molecular weight is 372 g/mol. The fourth-order valence-electron chi connectivity index (χ4n) is 3.28. The van der Waals surface area contributed by atoms with Crippen molar-refractivity contribution >= 4 is 27.5 Å². The lowest BCUT2D eigenvalue weighted by atomic mass is 10.2. The van der Waals surface area contributed by atoms with Gasteiger partial charge in [0.05, 0.1) is 11.5 Å². The van der Waals surface area contributed by atoms with E-state index in [2.05, 4.69) is 10.2 Å². The molecule has 2 saturated heterocycles. The molecule has 0 aromatic heterocycles. The van der Waals surface area contributed by atoms with Crippen molar-refractivity contribution in [1.82, 2.24) is 15.1 Å². The van der Waals surface area contributed by atoms with Gasteiger partial charge >= 0.3 is 6.03 Å². The van der Waals surface area contributed by atoms with Crippen molar-refractivity contribution in [3.8, 4) is 0 Å². The minimum absolute atomic E-state index is 0.103. The van der Waals surface area contributed by atoms with Crippen molar-refractivity contribution in [2.75, 3.05) is 37.7 Å². The Balaban J connectivity index is 1.46. The summed E-state index contributed by atoms with van der Waals surface area (Å²) >= 11 is 6.09. The van der Waals surface area contributed by atoms with E-state index in [1.54, 1.807) is 11.0 Å². The van der Waals surface area contributed by atoms with Crippen LogP contribution in [-0.2, 0) is 16.4 Å². The van der Waals surface area contributed by atoms with Crippen molar-refractivity contribution in [2.24, 2.45) is 0 Å². The lowest BCUT2D eigenvalue weighted by Gasteiger charge is -2.37. The molecular formula is C16H22ClN3O3S. The van der Waals surface area contributed by atoms with E-state index >= 15 is 0 Å². The van der Waals surface area contributed by atoms with Gasteiger partial charge in [0.15, 0.2) is 9.84 Å². The number of amides is 2. The highest BCUT2D eigenvalue weighted by Crippen LogP contribution is 2.19. The summed E-state index contributed by atoms with van der Waals surface area (Å²) < 4.78 is 23.2. The average Bonchev–Trinajstić information content (AvgIpc) is 2.94. The van der Waals surface area contributed by atoms with Crippen LogP contribution in [0.15, 0.2) is 24.3 Å². The number of rotatable bonds is 3. The molecule has 0 saturated carbocycles. The predicted octanol–water partition coefficient (Wildman–Crippen LogP) is 1.35. The molecular weight excluding hydrogens is 350 g/mol. The summed E-state index contributed by atoms with van der Waals surface area (Å²) in [5.41, 5.74) is 0.891. The molecule has 3 rings (SSSR count). The van der Waals surface area contributed by atoms with E-state index in [9.17, 15) is 13.2 Å². The van der Waals surface area contributed by atoms with E-state index < -0.39 is 9.84 Å². The van der Waals surface area contributed by atoms with Gasteiger partial charge in [-0.1, -0.05) is 29.8 Å². The van der Waals surface area contributed by atoms with E-state index in [0.29, 0.717) is 31.1 Å². The van der Waals surface area contributed by atoms with Crippen LogP contribution in [0.2, 0.25) is 5.02 Å². The Hall–Kier alpha value is -1.31. The molecule has 0 aliphatic carbocycles. The van der Waals surface area contributed by atoms with E-state index in [-0.39, 0.29) is 23.6 Å². The number of hydrogen-bond acceptors (Lipinski definition) is 4. The Morgan fingerprint density at radius 3 is 2.54 bits per heavy atom. The van der Waals surface area contributed by atoms with Crippen LogP contribution >= 0.6 is 11.6 Å². The number of urea groups is 1. The molecule has 2 amide bonds. The summed E-state index contributed by atoms with van der Waals surface area (Å²) in [6, 6.07) is 7.45. The summed E-state index contributed by atoms with van der Waals surface area (Å²) in [6.07, 6.45) is 0.709. The molecule has 1 aromatic rings. The number of nitrogens with one attached hydrogen (secondary N) is 1. The zero-order valence-corrected chi connectivity index (χ0v) is 15.0. The van der Waals surface area contributed by atoms with Crippen LogP contribution in [0.3, 0.4) is 0 Å². The number of carbonyl (C=O) groups is 1. The van der Waals surface area contributed by atoms with Gasteiger partial charge in [-0.3, -0.25) is 4.90 Å². The first kappa shape index (κ1) is 17.5. The highest BCUT2D eigenvalue weighted by molar-refractivity contribution is 7.91. The van der Waals surface area contributed by atoms with Gasteiger partial charge in [-0.2, -0.15) is 0 Å². The van der Waals surface area contributed by atoms with Gasteiger partial charge in [-0.15, -0.1) is 0 Å². The molecule has 1 N–H and O–H groups in total. The highest BCUT2D eigenvalue weighted by Gasteiger charge is 2.34. The molecule has 1 unspecified atom stereocenters. The van der Waals surface area contributed by atoms with Gasteiger partial charge in [-0.05, 0) is 18.1 Å². The number of halogens is 1. The standard InChI is InChI=1S/C16H22ClN3O3S/c17-15-4-2-1-3-13(15)11-18-16(21)20-8-6-19(7-9-20)14-5-10-24(22,23)12-14/h1-4,14H,5-12H2,(H,18,21). The van der Waals surface area contributed by atoms with E-state index in [1.165, 1.54) is 0 Å². The van der Waals surface area contributed by atoms with Crippen LogP contribution in [0.1, 0.15) is 12.0 Å². The molecule has 2 fully saturated rings. The van der Waals surface area contributed by atoms with Crippen LogP contribution in [-0.4, -0.2) is 68.0 Å². The van der Waals surface area contributed by atoms with E-state index in [0.717, 1.165) is 18.7 Å². The molecule has 0 bridgehead atoms. The first-order chi connectivity index (χ1) is 11.4. The lowest BCUT2D eigenvalue weighted by molar-refractivity contribution is 0.115. The Morgan fingerprint density at radius 1 is 1.21 bits per heavy atom. The van der Waals surface area contributed by atoms with E-state index in [1.807, 2.05) is 18.2 Å². The minimum atomic E-state index is -2.87. The van der Waals surface area contributed by atoms with Gasteiger partial charge in [0.1, 0.15) is 0 Å². The van der Waals surface area contributed by atoms with Gasteiger partial charge in [0.2, 0.25) is 0 Å². The number of hydrogen-bond donors (Lipinski definition) is 1. The van der Waals surface area contributed by atoms with E-state index in [4.69, 9.17) is 11.6 Å². The van der Waals surface area contributed by atoms with Gasteiger partial charge < -0.3 is 10.2 Å². The van der Waals surface area contributed by atoms with Crippen LogP contribution in [0.25, 0.3) is 0 Å². The first-order valence-corrected chi connectivity index (χ1v) is 10.4. The second-order valence-corrected chi connectivity index (χ2v) is 8.97. The summed E-state index contributed by atoms with van der Waals surface area (Å²) in [5, 5.41) is 3.54. The Labute approximate surface area is 147 Å². The second-order valence-electron chi connectivity index (χ2n) is 6.33. The highest BCUT2D eigenvalue weighted by atomic mass is 35.5. The Morgan fingerprint density at radius 2 is 1.92 bits per heavy atom. The maximum absolute atomic E-state index is 12.3. The predicted molar refractivity (Wildman–Crippen MR) is 93.9 cm³/mol. The fourth-order valence-corrected chi connectivity index (χ4v) is 5.24. The molecule has 24 heavy (non-hydrogen) atoms. The zero-order chi connectivity index (χ0) is 17.2. The molecule has 1 aromatic carbocycles. The largest absolute Gasteiger partial charge is 0.334 e. The maximum atomic E-state index is 12.3. The molecule has 2 aliphatic rings. The van der Waals surface area contributed by atoms with Crippen molar-refractivity contribution in [2.45, 2.75) is 19.0 Å². The molecule has 1 atom stereocenters. The topological polar surface area (TPSA) is 69.7 Å². The van der Waals surface area contributed by atoms with Crippen molar-refractivity contribution < 1.29 is 13.2 Å². The molecule has 0 radical (unpaired) electrons. The molecule has 8 heteroatoms. The molecule has 2 aliphatic heterocycles. The fraction of sp³-hybridized carbons (Fsp3) is 0.562. The monoisotopic (exact) mass is 371 g/mol. The third-order valence-electron chi connectivity index (χ3n) is 4.71. The molecule has 132 valence electrons. The number of carbonyl (C=O) groups excluding carboxylic acids is 1. The first-order valence-electron chi connectivity index (χ1n) is 8.15. The van der Waals surface area contributed by atoms with Crippen molar-refractivity contribution in [3.05, 3.63) is 34.9 Å². The van der Waals surface area contributed by atoms with Gasteiger partial charge in [0.25, 0.3) is 0 Å². The zero-order valence-electron chi connectivity index (χ0n) is 13.4. The smallest absolute Gasteiger partial charge is 0.317 e. The summed E-state index contributed by atoms with van der Waals surface area (Å²) in [5.74, 6) is 0.544. The number of nitrogens with zero attached hydrogens (tertiary/aromatic N) is 2. The number of piperazine rings is 1. The second kappa shape index (κ2) is 7.29. The molecule has 0 spiro atoms. The van der Waals surface area contributed by atoms with Crippen LogP contribution in [0.4, 0.5) is 4.79 Å². The Kier molecular flexibility index (Phi) is 5.32. The minimum Gasteiger partial charge on any atom is -0.334 e. The maximum Gasteiger partial charge on any atom is 0.317 e. The summed E-state index contributed by atoms with van der Waals surface area (Å²) in [4.78, 5) is 16.2. The van der Waals surface area contributed by atoms with Crippen molar-refractivity contribution in [1.29, 1.82) is 0 Å². The van der Waals surface area contributed by atoms with Gasteiger partial charge in [-0.25, -0.2) is 13.2 Å². The van der Waals surface area contributed by atoms with Crippen LogP contribution < -0.4 is 5.32 Å². The Bertz CT molecular complexity index is 702. The van der Waals surface area contributed by atoms with Crippen molar-refractivity contribution in [3.63, 3.8) is 0 Å². The number of benzene rings is 1.